The van der Waals surface area contributed by atoms with E-state index in [1.807, 2.05) is 11.1 Å². The van der Waals surface area contributed by atoms with Crippen molar-refractivity contribution in [1.29, 1.82) is 0 Å². The number of benzene rings is 1. The highest BCUT2D eigenvalue weighted by molar-refractivity contribution is 6.35. The minimum absolute atomic E-state index is 0.0456. The smallest absolute Gasteiger partial charge is 0.260 e. The van der Waals surface area contributed by atoms with Crippen molar-refractivity contribution in [1.82, 2.24) is 14.8 Å². The number of rotatable bonds is 5. The summed E-state index contributed by atoms with van der Waals surface area (Å²) in [6, 6.07) is 4.95. The molecular formula is C21H27Cl2N3O3. The van der Waals surface area contributed by atoms with Gasteiger partial charge in [-0.05, 0) is 24.6 Å². The molecule has 1 aliphatic rings. The summed E-state index contributed by atoms with van der Waals surface area (Å²) < 4.78 is 11.5. The molecule has 158 valence electrons. The SMILES string of the molecule is CC(C)(C)c1cnc(CN2CCCN(C(=O)COc3ccc(Cl)cc3Cl)CC2)o1. The molecule has 2 heterocycles. The maximum atomic E-state index is 12.6. The van der Waals surface area contributed by atoms with E-state index in [1.54, 1.807) is 18.2 Å². The fraction of sp³-hybridized carbons (Fsp3) is 0.524. The van der Waals surface area contributed by atoms with Gasteiger partial charge in [-0.2, -0.15) is 0 Å². The van der Waals surface area contributed by atoms with E-state index in [2.05, 4.69) is 30.7 Å². The van der Waals surface area contributed by atoms with E-state index in [0.29, 0.717) is 35.4 Å². The number of aromatic nitrogens is 1. The summed E-state index contributed by atoms with van der Waals surface area (Å²) in [4.78, 5) is 21.1. The molecule has 0 aliphatic carbocycles. The molecule has 0 N–H and O–H groups in total. The lowest BCUT2D eigenvalue weighted by Gasteiger charge is -2.21. The van der Waals surface area contributed by atoms with Crippen LogP contribution in [-0.4, -0.2) is 53.5 Å². The number of oxazole rings is 1. The third-order valence-corrected chi connectivity index (χ3v) is 5.37. The minimum Gasteiger partial charge on any atom is -0.482 e. The van der Waals surface area contributed by atoms with Gasteiger partial charge in [0, 0.05) is 36.6 Å². The van der Waals surface area contributed by atoms with Crippen molar-refractivity contribution in [3.05, 3.63) is 46.1 Å². The number of nitrogens with zero attached hydrogens (tertiary/aromatic N) is 3. The van der Waals surface area contributed by atoms with Gasteiger partial charge in [0.25, 0.3) is 5.91 Å². The van der Waals surface area contributed by atoms with Crippen molar-refractivity contribution in [3.8, 4) is 5.75 Å². The molecule has 29 heavy (non-hydrogen) atoms. The topological polar surface area (TPSA) is 58.8 Å². The van der Waals surface area contributed by atoms with Crippen LogP contribution in [0.4, 0.5) is 0 Å². The average molecular weight is 440 g/mol. The number of halogens is 2. The first kappa shape index (κ1) is 21.9. The molecule has 0 saturated carbocycles. The standard InChI is InChI=1S/C21H27Cl2N3O3/c1-21(2,3)18-12-24-19(29-18)13-25-7-4-8-26(10-9-25)20(27)14-28-17-6-5-15(22)11-16(17)23/h5-6,11-12H,4,7-10,13-14H2,1-3H3. The zero-order chi connectivity index (χ0) is 21.0. The predicted octanol–water partition coefficient (Wildman–Crippen LogP) is 4.39. The van der Waals surface area contributed by atoms with Gasteiger partial charge in [0.2, 0.25) is 5.89 Å². The predicted molar refractivity (Wildman–Crippen MR) is 114 cm³/mol. The molecule has 1 aliphatic heterocycles. The van der Waals surface area contributed by atoms with Crippen LogP contribution >= 0.6 is 23.2 Å². The zero-order valence-electron chi connectivity index (χ0n) is 17.1. The van der Waals surface area contributed by atoms with Crippen molar-refractivity contribution >= 4 is 29.1 Å². The Bertz CT molecular complexity index is 848. The van der Waals surface area contributed by atoms with Crippen LogP contribution in [0.5, 0.6) is 5.75 Å². The maximum absolute atomic E-state index is 12.6. The van der Waals surface area contributed by atoms with E-state index >= 15 is 0 Å². The Morgan fingerprint density at radius 2 is 2.00 bits per heavy atom. The fourth-order valence-corrected chi connectivity index (χ4v) is 3.59. The van der Waals surface area contributed by atoms with Gasteiger partial charge in [0.05, 0.1) is 17.8 Å². The average Bonchev–Trinajstić information content (AvgIpc) is 3.00. The van der Waals surface area contributed by atoms with Crippen molar-refractivity contribution in [2.75, 3.05) is 32.8 Å². The van der Waals surface area contributed by atoms with E-state index in [4.69, 9.17) is 32.4 Å². The van der Waals surface area contributed by atoms with E-state index in [1.165, 1.54) is 0 Å². The molecule has 0 atom stereocenters. The van der Waals surface area contributed by atoms with E-state index < -0.39 is 0 Å². The molecule has 2 aromatic rings. The number of carbonyl (C=O) groups is 1. The molecule has 1 saturated heterocycles. The van der Waals surface area contributed by atoms with Crippen LogP contribution in [0, 0.1) is 0 Å². The molecule has 1 amide bonds. The first-order valence-corrected chi connectivity index (χ1v) is 10.5. The Labute approximate surface area is 181 Å². The van der Waals surface area contributed by atoms with Crippen LogP contribution < -0.4 is 4.74 Å². The van der Waals surface area contributed by atoms with Gasteiger partial charge >= 0.3 is 0 Å². The number of hydrogen-bond donors (Lipinski definition) is 0. The summed E-state index contributed by atoms with van der Waals surface area (Å²) in [5.41, 5.74) is -0.0553. The lowest BCUT2D eigenvalue weighted by atomic mass is 9.94. The van der Waals surface area contributed by atoms with Gasteiger partial charge < -0.3 is 14.1 Å². The molecule has 1 fully saturated rings. The highest BCUT2D eigenvalue weighted by atomic mass is 35.5. The lowest BCUT2D eigenvalue weighted by molar-refractivity contribution is -0.133. The Kier molecular flexibility index (Phi) is 7.09. The first-order valence-electron chi connectivity index (χ1n) is 9.75. The molecule has 8 heteroatoms. The van der Waals surface area contributed by atoms with Gasteiger partial charge in [-0.1, -0.05) is 44.0 Å². The molecule has 1 aromatic heterocycles. The van der Waals surface area contributed by atoms with Crippen molar-refractivity contribution in [3.63, 3.8) is 0 Å². The highest BCUT2D eigenvalue weighted by Gasteiger charge is 2.23. The normalized spacial score (nSPS) is 16.0. The van der Waals surface area contributed by atoms with Crippen LogP contribution in [0.15, 0.2) is 28.8 Å². The summed E-state index contributed by atoms with van der Waals surface area (Å²) in [7, 11) is 0. The van der Waals surface area contributed by atoms with Gasteiger partial charge in [0.15, 0.2) is 6.61 Å². The van der Waals surface area contributed by atoms with Crippen LogP contribution in [-0.2, 0) is 16.8 Å². The summed E-state index contributed by atoms with van der Waals surface area (Å²) >= 11 is 12.0. The summed E-state index contributed by atoms with van der Waals surface area (Å²) in [6.07, 6.45) is 2.70. The van der Waals surface area contributed by atoms with Crippen LogP contribution in [0.25, 0.3) is 0 Å². The maximum Gasteiger partial charge on any atom is 0.260 e. The molecule has 0 unspecified atom stereocenters. The second-order valence-corrected chi connectivity index (χ2v) is 9.09. The van der Waals surface area contributed by atoms with Crippen LogP contribution in [0.1, 0.15) is 38.8 Å². The Morgan fingerprint density at radius 3 is 2.69 bits per heavy atom. The molecule has 0 spiro atoms. The second-order valence-electron chi connectivity index (χ2n) is 8.24. The highest BCUT2D eigenvalue weighted by Crippen LogP contribution is 2.27. The fourth-order valence-electron chi connectivity index (χ4n) is 3.12. The Balaban J connectivity index is 1.50. The Hall–Kier alpha value is -1.76. The lowest BCUT2D eigenvalue weighted by Crippen LogP contribution is -2.38. The van der Waals surface area contributed by atoms with Gasteiger partial charge in [-0.25, -0.2) is 4.98 Å². The van der Waals surface area contributed by atoms with Crippen LogP contribution in [0.2, 0.25) is 10.0 Å². The molecule has 3 rings (SSSR count). The van der Waals surface area contributed by atoms with E-state index in [9.17, 15) is 4.79 Å². The first-order chi connectivity index (χ1) is 13.7. The zero-order valence-corrected chi connectivity index (χ0v) is 18.6. The number of carbonyl (C=O) groups excluding carboxylic acids is 1. The van der Waals surface area contributed by atoms with E-state index in [-0.39, 0.29) is 17.9 Å². The summed E-state index contributed by atoms with van der Waals surface area (Å²) in [5.74, 6) is 2.01. The van der Waals surface area contributed by atoms with Crippen molar-refractivity contribution in [2.24, 2.45) is 0 Å². The molecule has 6 nitrogen and oxygen atoms in total. The number of ether oxygens (including phenoxy) is 1. The quantitative estimate of drug-likeness (QED) is 0.690. The third-order valence-electron chi connectivity index (χ3n) is 4.84. The summed E-state index contributed by atoms with van der Waals surface area (Å²) in [6.45, 7) is 9.91. The van der Waals surface area contributed by atoms with E-state index in [0.717, 1.165) is 31.2 Å². The van der Waals surface area contributed by atoms with Gasteiger partial charge in [-0.3, -0.25) is 9.69 Å². The molecular weight excluding hydrogens is 413 g/mol. The monoisotopic (exact) mass is 439 g/mol. The molecule has 0 radical (unpaired) electrons. The largest absolute Gasteiger partial charge is 0.482 e. The second kappa shape index (κ2) is 9.37. The van der Waals surface area contributed by atoms with Crippen LogP contribution in [0.3, 0.4) is 0 Å². The third kappa shape index (κ3) is 6.11. The minimum atomic E-state index is -0.0553. The van der Waals surface area contributed by atoms with Crippen molar-refractivity contribution in [2.45, 2.75) is 39.2 Å². The van der Waals surface area contributed by atoms with Crippen molar-refractivity contribution < 1.29 is 13.9 Å². The summed E-state index contributed by atoms with van der Waals surface area (Å²) in [5, 5.41) is 0.926. The number of hydrogen-bond acceptors (Lipinski definition) is 5. The van der Waals surface area contributed by atoms with Gasteiger partial charge in [0.1, 0.15) is 11.5 Å². The Morgan fingerprint density at radius 1 is 1.21 bits per heavy atom. The molecule has 0 bridgehead atoms. The molecule has 1 aromatic carbocycles. The van der Waals surface area contributed by atoms with Gasteiger partial charge in [-0.15, -0.1) is 0 Å². The number of amides is 1.